The molecule has 6 heteroatoms. The standard InChI is InChI=1S/C17H14Cl3NO2/c1-21-15-7-10(23-3)4-12(18)11(15)8-16(21)17-13(19)5-9(22-2)6-14(17)20/h4-8H,1-3H3. The lowest BCUT2D eigenvalue weighted by atomic mass is 10.1. The number of hydrogen-bond acceptors (Lipinski definition) is 2. The van der Waals surface area contributed by atoms with Crippen molar-refractivity contribution in [2.24, 2.45) is 7.05 Å². The van der Waals surface area contributed by atoms with E-state index in [1.807, 2.05) is 23.7 Å². The third kappa shape index (κ3) is 2.74. The highest BCUT2D eigenvalue weighted by Gasteiger charge is 2.17. The van der Waals surface area contributed by atoms with Crippen molar-refractivity contribution in [2.45, 2.75) is 0 Å². The van der Waals surface area contributed by atoms with Crippen molar-refractivity contribution in [3.63, 3.8) is 0 Å². The smallest absolute Gasteiger partial charge is 0.122 e. The first-order chi connectivity index (χ1) is 11.0. The van der Waals surface area contributed by atoms with Crippen LogP contribution in [-0.4, -0.2) is 18.8 Å². The number of aromatic nitrogens is 1. The van der Waals surface area contributed by atoms with Gasteiger partial charge in [0, 0.05) is 24.1 Å². The molecule has 0 saturated heterocycles. The molecule has 23 heavy (non-hydrogen) atoms. The molecule has 0 saturated carbocycles. The monoisotopic (exact) mass is 369 g/mol. The number of methoxy groups -OCH3 is 2. The summed E-state index contributed by atoms with van der Waals surface area (Å²) in [5.41, 5.74) is 2.54. The van der Waals surface area contributed by atoms with Gasteiger partial charge >= 0.3 is 0 Å². The van der Waals surface area contributed by atoms with E-state index in [-0.39, 0.29) is 0 Å². The summed E-state index contributed by atoms with van der Waals surface area (Å²) in [6.07, 6.45) is 0. The molecule has 3 rings (SSSR count). The van der Waals surface area contributed by atoms with Gasteiger partial charge in [-0.1, -0.05) is 34.8 Å². The second-order valence-corrected chi connectivity index (χ2v) is 6.32. The van der Waals surface area contributed by atoms with E-state index in [0.717, 1.165) is 22.2 Å². The summed E-state index contributed by atoms with van der Waals surface area (Å²) in [6.45, 7) is 0. The number of aryl methyl sites for hydroxylation is 1. The Morgan fingerprint density at radius 1 is 0.783 bits per heavy atom. The SMILES string of the molecule is COc1cc(Cl)c(-c2cc3c(Cl)cc(OC)cc3n2C)c(Cl)c1. The first-order valence-corrected chi connectivity index (χ1v) is 7.96. The third-order valence-electron chi connectivity index (χ3n) is 3.83. The van der Waals surface area contributed by atoms with Crippen LogP contribution in [-0.2, 0) is 7.05 Å². The normalized spacial score (nSPS) is 11.0. The molecule has 3 aromatic rings. The number of rotatable bonds is 3. The van der Waals surface area contributed by atoms with Gasteiger partial charge in [0.2, 0.25) is 0 Å². The van der Waals surface area contributed by atoms with Crippen molar-refractivity contribution in [1.82, 2.24) is 4.57 Å². The molecule has 0 fully saturated rings. The van der Waals surface area contributed by atoms with Crippen LogP contribution in [0.15, 0.2) is 30.3 Å². The van der Waals surface area contributed by atoms with Gasteiger partial charge in [0.1, 0.15) is 11.5 Å². The van der Waals surface area contributed by atoms with Gasteiger partial charge in [-0.05, 0) is 24.3 Å². The van der Waals surface area contributed by atoms with Crippen LogP contribution in [0.5, 0.6) is 11.5 Å². The molecule has 0 aliphatic rings. The lowest BCUT2D eigenvalue weighted by Crippen LogP contribution is -1.94. The third-order valence-corrected chi connectivity index (χ3v) is 4.74. The molecule has 0 radical (unpaired) electrons. The van der Waals surface area contributed by atoms with Crippen LogP contribution < -0.4 is 9.47 Å². The molecule has 0 spiro atoms. The van der Waals surface area contributed by atoms with Gasteiger partial charge in [-0.25, -0.2) is 0 Å². The Labute approximate surface area is 149 Å². The first-order valence-electron chi connectivity index (χ1n) is 6.82. The summed E-state index contributed by atoms with van der Waals surface area (Å²) in [6, 6.07) is 9.16. The summed E-state index contributed by atoms with van der Waals surface area (Å²) in [4.78, 5) is 0. The van der Waals surface area contributed by atoms with Crippen molar-refractivity contribution in [1.29, 1.82) is 0 Å². The van der Waals surface area contributed by atoms with E-state index in [9.17, 15) is 0 Å². The minimum absolute atomic E-state index is 0.517. The fourth-order valence-corrected chi connectivity index (χ4v) is 3.55. The van der Waals surface area contributed by atoms with Crippen LogP contribution in [0, 0.1) is 0 Å². The molecular formula is C17H14Cl3NO2. The van der Waals surface area contributed by atoms with E-state index in [0.29, 0.717) is 26.6 Å². The predicted octanol–water partition coefficient (Wildman–Crippen LogP) is 5.82. The maximum absolute atomic E-state index is 6.41. The van der Waals surface area contributed by atoms with E-state index in [4.69, 9.17) is 44.3 Å². The second-order valence-electron chi connectivity index (χ2n) is 5.10. The van der Waals surface area contributed by atoms with Gasteiger partial charge in [-0.2, -0.15) is 0 Å². The summed E-state index contributed by atoms with van der Waals surface area (Å²) >= 11 is 19.2. The van der Waals surface area contributed by atoms with Crippen molar-refractivity contribution >= 4 is 45.7 Å². The molecule has 0 amide bonds. The Morgan fingerprint density at radius 2 is 1.30 bits per heavy atom. The van der Waals surface area contributed by atoms with Crippen LogP contribution in [0.1, 0.15) is 0 Å². The summed E-state index contributed by atoms with van der Waals surface area (Å²) in [5, 5.41) is 2.56. The highest BCUT2D eigenvalue weighted by molar-refractivity contribution is 6.40. The van der Waals surface area contributed by atoms with Crippen molar-refractivity contribution in [3.8, 4) is 22.8 Å². The Kier molecular flexibility index (Phi) is 4.37. The molecule has 120 valence electrons. The van der Waals surface area contributed by atoms with Gasteiger partial charge < -0.3 is 14.0 Å². The highest BCUT2D eigenvalue weighted by atomic mass is 35.5. The molecule has 0 bridgehead atoms. The molecule has 1 heterocycles. The summed E-state index contributed by atoms with van der Waals surface area (Å²) < 4.78 is 12.5. The van der Waals surface area contributed by atoms with Crippen molar-refractivity contribution in [2.75, 3.05) is 14.2 Å². The van der Waals surface area contributed by atoms with E-state index in [2.05, 4.69) is 0 Å². The number of benzene rings is 2. The average molecular weight is 371 g/mol. The molecule has 3 nitrogen and oxygen atoms in total. The predicted molar refractivity (Wildman–Crippen MR) is 96.5 cm³/mol. The summed E-state index contributed by atoms with van der Waals surface area (Å²) in [5.74, 6) is 1.31. The molecule has 0 N–H and O–H groups in total. The fraction of sp³-hybridized carbons (Fsp3) is 0.176. The lowest BCUT2D eigenvalue weighted by molar-refractivity contribution is 0.415. The second kappa shape index (κ2) is 6.16. The van der Waals surface area contributed by atoms with Crippen LogP contribution >= 0.6 is 34.8 Å². The van der Waals surface area contributed by atoms with E-state index in [1.165, 1.54) is 0 Å². The molecule has 0 unspecified atom stereocenters. The van der Waals surface area contributed by atoms with Crippen LogP contribution in [0.3, 0.4) is 0 Å². The molecule has 0 atom stereocenters. The Hall–Kier alpha value is -1.55. The first kappa shape index (κ1) is 16.3. The zero-order valence-corrected chi connectivity index (χ0v) is 15.1. The van der Waals surface area contributed by atoms with Gasteiger partial charge in [0.05, 0.1) is 40.5 Å². The minimum atomic E-state index is 0.517. The summed E-state index contributed by atoms with van der Waals surface area (Å²) in [7, 11) is 5.12. The number of hydrogen-bond donors (Lipinski definition) is 0. The van der Waals surface area contributed by atoms with Crippen LogP contribution in [0.25, 0.3) is 22.2 Å². The maximum atomic E-state index is 6.41. The molecule has 1 aromatic heterocycles. The zero-order chi connectivity index (χ0) is 16.7. The van der Waals surface area contributed by atoms with Gasteiger partial charge in [-0.15, -0.1) is 0 Å². The molecule has 2 aromatic carbocycles. The average Bonchev–Trinajstić information content (AvgIpc) is 2.84. The Balaban J connectivity index is 2.30. The minimum Gasteiger partial charge on any atom is -0.497 e. The van der Waals surface area contributed by atoms with Gasteiger partial charge in [-0.3, -0.25) is 0 Å². The number of halogens is 3. The van der Waals surface area contributed by atoms with Crippen LogP contribution in [0.4, 0.5) is 0 Å². The Bertz CT molecular complexity index is 879. The van der Waals surface area contributed by atoms with E-state index < -0.39 is 0 Å². The topological polar surface area (TPSA) is 23.4 Å². The van der Waals surface area contributed by atoms with Crippen molar-refractivity contribution in [3.05, 3.63) is 45.4 Å². The van der Waals surface area contributed by atoms with Gasteiger partial charge in [0.25, 0.3) is 0 Å². The van der Waals surface area contributed by atoms with E-state index >= 15 is 0 Å². The highest BCUT2D eigenvalue weighted by Crippen LogP contribution is 2.41. The Morgan fingerprint density at radius 3 is 1.87 bits per heavy atom. The quantitative estimate of drug-likeness (QED) is 0.579. The maximum Gasteiger partial charge on any atom is 0.122 e. The zero-order valence-electron chi connectivity index (χ0n) is 12.8. The lowest BCUT2D eigenvalue weighted by Gasteiger charge is -2.11. The number of ether oxygens (including phenoxy) is 2. The largest absolute Gasteiger partial charge is 0.497 e. The van der Waals surface area contributed by atoms with Crippen LogP contribution in [0.2, 0.25) is 15.1 Å². The fourth-order valence-electron chi connectivity index (χ4n) is 2.63. The molecular weight excluding hydrogens is 357 g/mol. The molecule has 0 aliphatic heterocycles. The van der Waals surface area contributed by atoms with E-state index in [1.54, 1.807) is 32.4 Å². The van der Waals surface area contributed by atoms with Crippen molar-refractivity contribution < 1.29 is 9.47 Å². The van der Waals surface area contributed by atoms with Gasteiger partial charge in [0.15, 0.2) is 0 Å². The number of fused-ring (bicyclic) bond motifs is 1. The number of nitrogens with zero attached hydrogens (tertiary/aromatic N) is 1. The molecule has 0 aliphatic carbocycles.